The quantitative estimate of drug-likeness (QED) is 0.767. The largest absolute Gasteiger partial charge is 0.441 e. The summed E-state index contributed by atoms with van der Waals surface area (Å²) in [7, 11) is -3.13. The summed E-state index contributed by atoms with van der Waals surface area (Å²) < 4.78 is 30.8. The average molecular weight is 311 g/mol. The van der Waals surface area contributed by atoms with Gasteiger partial charge in [-0.3, -0.25) is 0 Å². The molecule has 1 aromatic heterocycles. The van der Waals surface area contributed by atoms with Gasteiger partial charge in [-0.05, 0) is 26.0 Å². The van der Waals surface area contributed by atoms with Crippen molar-refractivity contribution in [2.45, 2.75) is 26.3 Å². The lowest BCUT2D eigenvalue weighted by Crippen LogP contribution is -2.40. The van der Waals surface area contributed by atoms with E-state index in [9.17, 15) is 8.42 Å². The molecule has 0 amide bonds. The lowest BCUT2D eigenvalue weighted by Gasteiger charge is -2.13. The fraction of sp³-hybridized carbons (Fsp3) is 0.500. The van der Waals surface area contributed by atoms with Gasteiger partial charge in [-0.1, -0.05) is 12.1 Å². The average Bonchev–Trinajstić information content (AvgIpc) is 2.88. The van der Waals surface area contributed by atoms with E-state index in [4.69, 9.17) is 4.42 Å². The summed E-state index contributed by atoms with van der Waals surface area (Å²) in [5, 5.41) is 3.25. The van der Waals surface area contributed by atoms with Crippen molar-refractivity contribution in [2.24, 2.45) is 0 Å². The molecule has 2 N–H and O–H groups in total. The lowest BCUT2D eigenvalue weighted by atomic mass is 10.3. The molecule has 0 fully saturated rings. The van der Waals surface area contributed by atoms with Crippen molar-refractivity contribution in [3.05, 3.63) is 30.2 Å². The molecular formula is C14H21N3O3S. The molecule has 0 aliphatic rings. The topological polar surface area (TPSA) is 84.2 Å². The molecule has 1 heterocycles. The van der Waals surface area contributed by atoms with Gasteiger partial charge in [-0.15, -0.1) is 0 Å². The molecule has 1 unspecified atom stereocenters. The number of aromatic nitrogens is 1. The van der Waals surface area contributed by atoms with Crippen LogP contribution in [0, 0.1) is 0 Å². The molecule has 0 saturated carbocycles. The molecule has 0 aliphatic carbocycles. The van der Waals surface area contributed by atoms with Crippen molar-refractivity contribution in [2.75, 3.05) is 18.8 Å². The van der Waals surface area contributed by atoms with E-state index in [0.717, 1.165) is 11.1 Å². The zero-order chi connectivity index (χ0) is 15.3. The van der Waals surface area contributed by atoms with E-state index in [1.807, 2.05) is 31.2 Å². The highest BCUT2D eigenvalue weighted by molar-refractivity contribution is 7.89. The first-order valence-corrected chi connectivity index (χ1v) is 8.70. The summed E-state index contributed by atoms with van der Waals surface area (Å²) >= 11 is 0. The zero-order valence-corrected chi connectivity index (χ0v) is 13.1. The number of benzene rings is 1. The van der Waals surface area contributed by atoms with Gasteiger partial charge >= 0.3 is 0 Å². The van der Waals surface area contributed by atoms with Crippen molar-refractivity contribution in [1.29, 1.82) is 0 Å². The molecule has 0 saturated heterocycles. The maximum Gasteiger partial charge on any atom is 0.211 e. The number of rotatable bonds is 8. The van der Waals surface area contributed by atoms with E-state index in [1.165, 1.54) is 0 Å². The number of oxazole rings is 1. The van der Waals surface area contributed by atoms with E-state index >= 15 is 0 Å². The predicted octanol–water partition coefficient (Wildman–Crippen LogP) is 1.29. The second kappa shape index (κ2) is 7.02. The van der Waals surface area contributed by atoms with Crippen LogP contribution in [0.3, 0.4) is 0 Å². The Balaban J connectivity index is 1.76. The van der Waals surface area contributed by atoms with Gasteiger partial charge in [-0.25, -0.2) is 18.1 Å². The molecule has 0 bridgehead atoms. The molecule has 1 atom stereocenters. The van der Waals surface area contributed by atoms with E-state index < -0.39 is 10.0 Å². The Labute approximate surface area is 125 Å². The SMILES string of the molecule is CCS(=O)(=O)NCC(C)NCCc1nc2ccccc2o1. The van der Waals surface area contributed by atoms with Gasteiger partial charge in [0, 0.05) is 25.6 Å². The van der Waals surface area contributed by atoms with Crippen LogP contribution in [0.25, 0.3) is 11.1 Å². The van der Waals surface area contributed by atoms with Crippen LogP contribution in [0.15, 0.2) is 28.7 Å². The smallest absolute Gasteiger partial charge is 0.211 e. The van der Waals surface area contributed by atoms with Crippen LogP contribution in [0.5, 0.6) is 0 Å². The third-order valence-corrected chi connectivity index (χ3v) is 4.53. The minimum absolute atomic E-state index is 0.0516. The van der Waals surface area contributed by atoms with Gasteiger partial charge in [0.1, 0.15) is 5.52 Å². The predicted molar refractivity (Wildman–Crippen MR) is 82.6 cm³/mol. The number of nitrogens with zero attached hydrogens (tertiary/aromatic N) is 1. The van der Waals surface area contributed by atoms with Gasteiger partial charge < -0.3 is 9.73 Å². The van der Waals surface area contributed by atoms with Crippen LogP contribution in [0.1, 0.15) is 19.7 Å². The van der Waals surface area contributed by atoms with Crippen LogP contribution < -0.4 is 10.0 Å². The second-order valence-electron chi connectivity index (χ2n) is 4.93. The first-order chi connectivity index (χ1) is 10.00. The molecule has 0 aliphatic heterocycles. The highest BCUT2D eigenvalue weighted by Gasteiger charge is 2.09. The normalized spacial score (nSPS) is 13.6. The Kier molecular flexibility index (Phi) is 5.33. The van der Waals surface area contributed by atoms with Crippen LogP contribution in [0.4, 0.5) is 0 Å². The number of fused-ring (bicyclic) bond motifs is 1. The Bertz CT molecular complexity index is 649. The summed E-state index contributed by atoms with van der Waals surface area (Å²) in [6.07, 6.45) is 0.666. The minimum Gasteiger partial charge on any atom is -0.441 e. The number of hydrogen-bond acceptors (Lipinski definition) is 5. The monoisotopic (exact) mass is 311 g/mol. The standard InChI is InChI=1S/C14H21N3O3S/c1-3-21(18,19)16-10-11(2)15-9-8-14-17-12-6-4-5-7-13(12)20-14/h4-7,11,15-16H,3,8-10H2,1-2H3. The number of para-hydroxylation sites is 2. The van der Waals surface area contributed by atoms with E-state index in [2.05, 4.69) is 15.0 Å². The van der Waals surface area contributed by atoms with Crippen molar-refractivity contribution in [3.8, 4) is 0 Å². The van der Waals surface area contributed by atoms with Crippen LogP contribution in [0.2, 0.25) is 0 Å². The Morgan fingerprint density at radius 2 is 2.10 bits per heavy atom. The molecule has 1 aromatic carbocycles. The van der Waals surface area contributed by atoms with Gasteiger partial charge in [0.2, 0.25) is 10.0 Å². The third kappa shape index (κ3) is 4.80. The van der Waals surface area contributed by atoms with Crippen LogP contribution >= 0.6 is 0 Å². The zero-order valence-electron chi connectivity index (χ0n) is 12.3. The maximum atomic E-state index is 11.3. The van der Waals surface area contributed by atoms with Crippen molar-refractivity contribution in [1.82, 2.24) is 15.0 Å². The lowest BCUT2D eigenvalue weighted by molar-refractivity contribution is 0.485. The molecule has 116 valence electrons. The molecule has 0 radical (unpaired) electrons. The van der Waals surface area contributed by atoms with Crippen LogP contribution in [-0.2, 0) is 16.4 Å². The maximum absolute atomic E-state index is 11.3. The van der Waals surface area contributed by atoms with Crippen LogP contribution in [-0.4, -0.2) is 38.3 Å². The summed E-state index contributed by atoms with van der Waals surface area (Å²) in [4.78, 5) is 4.39. The molecule has 6 nitrogen and oxygen atoms in total. The van der Waals surface area contributed by atoms with Gasteiger partial charge in [0.05, 0.1) is 5.75 Å². The second-order valence-corrected chi connectivity index (χ2v) is 7.03. The fourth-order valence-electron chi connectivity index (χ4n) is 1.88. The fourth-order valence-corrected chi connectivity index (χ4v) is 2.59. The number of sulfonamides is 1. The molecule has 0 spiro atoms. The highest BCUT2D eigenvalue weighted by Crippen LogP contribution is 2.14. The van der Waals surface area contributed by atoms with E-state index in [1.54, 1.807) is 6.92 Å². The summed E-state index contributed by atoms with van der Waals surface area (Å²) in [5.41, 5.74) is 1.65. The van der Waals surface area contributed by atoms with Crippen molar-refractivity contribution >= 4 is 21.1 Å². The van der Waals surface area contributed by atoms with E-state index in [0.29, 0.717) is 25.4 Å². The number of nitrogens with one attached hydrogen (secondary N) is 2. The molecule has 7 heteroatoms. The Hall–Kier alpha value is -1.44. The Morgan fingerprint density at radius 1 is 1.33 bits per heavy atom. The summed E-state index contributed by atoms with van der Waals surface area (Å²) in [6.45, 7) is 4.61. The Morgan fingerprint density at radius 3 is 2.81 bits per heavy atom. The molecular weight excluding hydrogens is 290 g/mol. The minimum atomic E-state index is -3.13. The van der Waals surface area contributed by atoms with Gasteiger partial charge in [-0.2, -0.15) is 0 Å². The third-order valence-electron chi connectivity index (χ3n) is 3.16. The van der Waals surface area contributed by atoms with Gasteiger partial charge in [0.25, 0.3) is 0 Å². The van der Waals surface area contributed by atoms with Crippen molar-refractivity contribution < 1.29 is 12.8 Å². The molecule has 2 rings (SSSR count). The molecule has 2 aromatic rings. The molecule has 21 heavy (non-hydrogen) atoms. The van der Waals surface area contributed by atoms with Gasteiger partial charge in [0.15, 0.2) is 11.5 Å². The number of hydrogen-bond donors (Lipinski definition) is 2. The van der Waals surface area contributed by atoms with E-state index in [-0.39, 0.29) is 11.8 Å². The summed E-state index contributed by atoms with van der Waals surface area (Å²) in [6, 6.07) is 7.70. The summed E-state index contributed by atoms with van der Waals surface area (Å²) in [5.74, 6) is 0.785. The van der Waals surface area contributed by atoms with Crippen molar-refractivity contribution in [3.63, 3.8) is 0 Å². The highest BCUT2D eigenvalue weighted by atomic mass is 32.2. The first kappa shape index (κ1) is 15.9. The first-order valence-electron chi connectivity index (χ1n) is 7.05.